The van der Waals surface area contributed by atoms with Crippen LogP contribution in [0, 0.1) is 6.92 Å². The Labute approximate surface area is 146 Å². The van der Waals surface area contributed by atoms with E-state index in [4.69, 9.17) is 5.11 Å². The summed E-state index contributed by atoms with van der Waals surface area (Å²) in [5, 5.41) is 11.7. The van der Waals surface area contributed by atoms with Gasteiger partial charge in [-0.05, 0) is 19.4 Å². The Morgan fingerprint density at radius 2 is 2.04 bits per heavy atom. The molecule has 7 heteroatoms. The zero-order valence-electron chi connectivity index (χ0n) is 14.2. The molecule has 0 radical (unpaired) electrons. The molecule has 1 unspecified atom stereocenters. The Balaban J connectivity index is 2.56. The Hall–Kier alpha value is -2.02. The second kappa shape index (κ2) is 9.97. The first kappa shape index (κ1) is 20.0. The summed E-state index contributed by atoms with van der Waals surface area (Å²) in [4.78, 5) is 35.8. The second-order valence-corrected chi connectivity index (χ2v) is 6.55. The van der Waals surface area contributed by atoms with Crippen molar-refractivity contribution in [2.24, 2.45) is 0 Å². The van der Waals surface area contributed by atoms with E-state index in [2.05, 4.69) is 11.4 Å². The van der Waals surface area contributed by atoms with Crippen LogP contribution in [0.5, 0.6) is 0 Å². The van der Waals surface area contributed by atoms with Gasteiger partial charge in [-0.1, -0.05) is 29.8 Å². The predicted octanol–water partition coefficient (Wildman–Crippen LogP) is 1.67. The molecular weight excluding hydrogens is 328 g/mol. The zero-order chi connectivity index (χ0) is 18.1. The first-order valence-corrected chi connectivity index (χ1v) is 8.86. The van der Waals surface area contributed by atoms with Crippen LogP contribution in [0.4, 0.5) is 0 Å². The molecule has 1 aromatic rings. The summed E-state index contributed by atoms with van der Waals surface area (Å²) in [5.41, 5.74) is 2.29. The van der Waals surface area contributed by atoms with E-state index >= 15 is 0 Å². The van der Waals surface area contributed by atoms with Gasteiger partial charge in [0.1, 0.15) is 6.04 Å². The summed E-state index contributed by atoms with van der Waals surface area (Å²) >= 11 is 1.45. The number of benzene rings is 1. The molecule has 0 heterocycles. The number of carboxylic acids is 1. The molecule has 132 valence electrons. The monoisotopic (exact) mass is 352 g/mol. The Morgan fingerprint density at radius 3 is 2.62 bits per heavy atom. The van der Waals surface area contributed by atoms with E-state index in [0.29, 0.717) is 5.75 Å². The minimum atomic E-state index is -1.06. The van der Waals surface area contributed by atoms with Crippen molar-refractivity contribution in [3.05, 3.63) is 35.4 Å². The highest BCUT2D eigenvalue weighted by molar-refractivity contribution is 7.99. The number of rotatable bonds is 9. The fraction of sp³-hybridized carbons (Fsp3) is 0.471. The minimum absolute atomic E-state index is 0.177. The topological polar surface area (TPSA) is 86.7 Å². The van der Waals surface area contributed by atoms with Crippen molar-refractivity contribution < 1.29 is 19.5 Å². The standard InChI is InChI=1S/C17H24N2O4S/c1-12-5-4-6-15(9-12)10-24-11-16(21)19(13(2)17(22)23)8-7-18-14(3)20/h4-6,9,13H,7-8,10-11H2,1-3H3,(H,18,20)(H,22,23). The third kappa shape index (κ3) is 7.04. The molecule has 2 amide bonds. The lowest BCUT2D eigenvalue weighted by Gasteiger charge is -2.26. The molecule has 0 bridgehead atoms. The molecule has 0 aliphatic carbocycles. The number of carbonyl (C=O) groups is 3. The van der Waals surface area contributed by atoms with Gasteiger partial charge in [0, 0.05) is 25.8 Å². The van der Waals surface area contributed by atoms with E-state index in [-0.39, 0.29) is 30.7 Å². The number of carboxylic acid groups (broad SMARTS) is 1. The van der Waals surface area contributed by atoms with Crippen LogP contribution in [0.2, 0.25) is 0 Å². The highest BCUT2D eigenvalue weighted by atomic mass is 32.2. The average molecular weight is 352 g/mol. The van der Waals surface area contributed by atoms with Crippen molar-refractivity contribution in [3.8, 4) is 0 Å². The quantitative estimate of drug-likeness (QED) is 0.706. The molecule has 6 nitrogen and oxygen atoms in total. The van der Waals surface area contributed by atoms with Crippen LogP contribution in [-0.4, -0.2) is 52.7 Å². The number of nitrogens with one attached hydrogen (secondary N) is 1. The van der Waals surface area contributed by atoms with Gasteiger partial charge in [0.05, 0.1) is 5.75 Å². The summed E-state index contributed by atoms with van der Waals surface area (Å²) in [6.45, 7) is 5.28. The summed E-state index contributed by atoms with van der Waals surface area (Å²) in [7, 11) is 0. The lowest BCUT2D eigenvalue weighted by molar-refractivity contribution is -0.148. The fourth-order valence-corrected chi connectivity index (χ4v) is 3.02. The van der Waals surface area contributed by atoms with E-state index in [1.807, 2.05) is 25.1 Å². The molecule has 2 N–H and O–H groups in total. The molecule has 1 rings (SSSR count). The van der Waals surface area contributed by atoms with Gasteiger partial charge >= 0.3 is 5.97 Å². The number of nitrogens with zero attached hydrogens (tertiary/aromatic N) is 1. The Morgan fingerprint density at radius 1 is 1.33 bits per heavy atom. The molecule has 0 fully saturated rings. The van der Waals surface area contributed by atoms with Crippen molar-refractivity contribution in [1.82, 2.24) is 10.2 Å². The zero-order valence-corrected chi connectivity index (χ0v) is 15.1. The van der Waals surface area contributed by atoms with Gasteiger partial charge in [-0.3, -0.25) is 9.59 Å². The number of amides is 2. The highest BCUT2D eigenvalue weighted by Gasteiger charge is 2.24. The third-order valence-corrected chi connectivity index (χ3v) is 4.44. The number of hydrogen-bond donors (Lipinski definition) is 2. The van der Waals surface area contributed by atoms with E-state index in [1.165, 1.54) is 30.5 Å². The predicted molar refractivity (Wildman–Crippen MR) is 94.8 cm³/mol. The normalized spacial score (nSPS) is 11.6. The highest BCUT2D eigenvalue weighted by Crippen LogP contribution is 2.15. The van der Waals surface area contributed by atoms with Gasteiger partial charge in [-0.25, -0.2) is 4.79 Å². The molecular formula is C17H24N2O4S. The molecule has 1 atom stereocenters. The van der Waals surface area contributed by atoms with E-state index < -0.39 is 12.0 Å². The number of thioether (sulfide) groups is 1. The molecule has 0 aliphatic rings. The van der Waals surface area contributed by atoms with Gasteiger partial charge in [0.25, 0.3) is 0 Å². The maximum absolute atomic E-state index is 12.4. The van der Waals surface area contributed by atoms with Crippen LogP contribution in [0.3, 0.4) is 0 Å². The molecule has 0 aromatic heterocycles. The largest absolute Gasteiger partial charge is 0.480 e. The molecule has 0 saturated carbocycles. The number of carbonyl (C=O) groups excluding carboxylic acids is 2. The van der Waals surface area contributed by atoms with Gasteiger partial charge in [0.15, 0.2) is 0 Å². The van der Waals surface area contributed by atoms with Crippen molar-refractivity contribution in [2.75, 3.05) is 18.8 Å². The third-order valence-electron chi connectivity index (χ3n) is 3.45. The van der Waals surface area contributed by atoms with Crippen LogP contribution in [0.15, 0.2) is 24.3 Å². The van der Waals surface area contributed by atoms with Crippen LogP contribution in [-0.2, 0) is 20.1 Å². The average Bonchev–Trinajstić information content (AvgIpc) is 2.50. The van der Waals surface area contributed by atoms with Crippen molar-refractivity contribution in [1.29, 1.82) is 0 Å². The van der Waals surface area contributed by atoms with E-state index in [9.17, 15) is 14.4 Å². The minimum Gasteiger partial charge on any atom is -0.480 e. The SMILES string of the molecule is CC(=O)NCCN(C(=O)CSCc1cccc(C)c1)C(C)C(=O)O. The van der Waals surface area contributed by atoms with Crippen LogP contribution < -0.4 is 5.32 Å². The van der Waals surface area contributed by atoms with Gasteiger partial charge in [0.2, 0.25) is 11.8 Å². The summed E-state index contributed by atoms with van der Waals surface area (Å²) < 4.78 is 0. The summed E-state index contributed by atoms with van der Waals surface area (Å²) in [6, 6.07) is 7.12. The number of aliphatic carboxylic acids is 1. The summed E-state index contributed by atoms with van der Waals surface area (Å²) in [5.74, 6) is -0.623. The maximum Gasteiger partial charge on any atom is 0.326 e. The lowest BCUT2D eigenvalue weighted by atomic mass is 10.2. The van der Waals surface area contributed by atoms with E-state index in [1.54, 1.807) is 0 Å². The smallest absolute Gasteiger partial charge is 0.326 e. The molecule has 0 aliphatic heterocycles. The summed E-state index contributed by atoms with van der Waals surface area (Å²) in [6.07, 6.45) is 0. The molecule has 0 spiro atoms. The van der Waals surface area contributed by atoms with Gasteiger partial charge in [-0.15, -0.1) is 11.8 Å². The molecule has 1 aromatic carbocycles. The fourth-order valence-electron chi connectivity index (χ4n) is 2.16. The lowest BCUT2D eigenvalue weighted by Crippen LogP contribution is -2.47. The van der Waals surface area contributed by atoms with Crippen LogP contribution in [0.25, 0.3) is 0 Å². The molecule has 24 heavy (non-hydrogen) atoms. The van der Waals surface area contributed by atoms with Crippen LogP contribution in [0.1, 0.15) is 25.0 Å². The Bertz CT molecular complexity index is 592. The van der Waals surface area contributed by atoms with Crippen molar-refractivity contribution >= 4 is 29.5 Å². The first-order valence-electron chi connectivity index (χ1n) is 7.71. The first-order chi connectivity index (χ1) is 11.3. The van der Waals surface area contributed by atoms with Crippen LogP contribution >= 0.6 is 11.8 Å². The number of hydrogen-bond acceptors (Lipinski definition) is 4. The van der Waals surface area contributed by atoms with Gasteiger partial charge < -0.3 is 15.3 Å². The second-order valence-electron chi connectivity index (χ2n) is 5.57. The van der Waals surface area contributed by atoms with Crippen molar-refractivity contribution in [3.63, 3.8) is 0 Å². The Kier molecular flexibility index (Phi) is 8.32. The number of aryl methyl sites for hydroxylation is 1. The van der Waals surface area contributed by atoms with Gasteiger partial charge in [-0.2, -0.15) is 0 Å². The maximum atomic E-state index is 12.4. The van der Waals surface area contributed by atoms with Crippen molar-refractivity contribution in [2.45, 2.75) is 32.6 Å². The van der Waals surface area contributed by atoms with E-state index in [0.717, 1.165) is 11.1 Å². The molecule has 0 saturated heterocycles.